The van der Waals surface area contributed by atoms with Gasteiger partial charge >= 0.3 is 0 Å². The molecule has 0 radical (unpaired) electrons. The molecule has 0 aliphatic heterocycles. The zero-order valence-corrected chi connectivity index (χ0v) is 12.5. The summed E-state index contributed by atoms with van der Waals surface area (Å²) in [6.07, 6.45) is 0. The molecule has 0 bridgehead atoms. The van der Waals surface area contributed by atoms with Crippen molar-refractivity contribution < 1.29 is 14.2 Å². The van der Waals surface area contributed by atoms with Gasteiger partial charge in [0.15, 0.2) is 12.3 Å². The fraction of sp³-hybridized carbons (Fsp3) is 0.118. The minimum Gasteiger partial charge on any atom is -0.484 e. The van der Waals surface area contributed by atoms with Crippen LogP contribution in [0.2, 0.25) is 0 Å². The summed E-state index contributed by atoms with van der Waals surface area (Å²) in [5.74, 6) is 0.569. The summed E-state index contributed by atoms with van der Waals surface area (Å²) in [4.78, 5) is 12.0. The Hall–Kier alpha value is -3.15. The first kappa shape index (κ1) is 14.8. The van der Waals surface area contributed by atoms with Gasteiger partial charge in [-0.15, -0.1) is 0 Å². The summed E-state index contributed by atoms with van der Waals surface area (Å²) in [5, 5.41) is 10.2. The van der Waals surface area contributed by atoms with Crippen molar-refractivity contribution in [2.45, 2.75) is 6.92 Å². The SMILES string of the molecule is Cc1ccc(OCC(=O)Nc2nonc2-c2ccccc2)cc1. The monoisotopic (exact) mass is 309 g/mol. The summed E-state index contributed by atoms with van der Waals surface area (Å²) in [5.41, 5.74) is 2.42. The predicted molar refractivity (Wildman–Crippen MR) is 85.0 cm³/mol. The van der Waals surface area contributed by atoms with Gasteiger partial charge in [-0.25, -0.2) is 4.63 Å². The Morgan fingerprint density at radius 3 is 2.57 bits per heavy atom. The molecular formula is C17H15N3O3. The van der Waals surface area contributed by atoms with Crippen LogP contribution >= 0.6 is 0 Å². The molecule has 2 aromatic carbocycles. The number of aryl methyl sites for hydroxylation is 1. The minimum absolute atomic E-state index is 0.121. The summed E-state index contributed by atoms with van der Waals surface area (Å²) < 4.78 is 10.1. The summed E-state index contributed by atoms with van der Waals surface area (Å²) in [6.45, 7) is 1.86. The number of carbonyl (C=O) groups is 1. The Balaban J connectivity index is 1.63. The number of nitrogens with zero attached hydrogens (tertiary/aromatic N) is 2. The number of hydrogen-bond donors (Lipinski definition) is 1. The van der Waals surface area contributed by atoms with Gasteiger partial charge in [0.1, 0.15) is 5.75 Å². The predicted octanol–water partition coefficient (Wildman–Crippen LogP) is 3.06. The Morgan fingerprint density at radius 1 is 1.09 bits per heavy atom. The van der Waals surface area contributed by atoms with Gasteiger partial charge < -0.3 is 10.1 Å². The van der Waals surface area contributed by atoms with E-state index in [9.17, 15) is 4.79 Å². The molecule has 0 saturated carbocycles. The fourth-order valence-corrected chi connectivity index (χ4v) is 2.01. The first-order valence-electron chi connectivity index (χ1n) is 7.09. The molecule has 1 N–H and O–H groups in total. The maximum atomic E-state index is 12.0. The molecule has 1 heterocycles. The average molecular weight is 309 g/mol. The van der Waals surface area contributed by atoms with Crippen molar-refractivity contribution >= 4 is 11.7 Å². The van der Waals surface area contributed by atoms with Crippen LogP contribution in [0, 0.1) is 6.92 Å². The highest BCUT2D eigenvalue weighted by molar-refractivity contribution is 5.94. The minimum atomic E-state index is -0.335. The van der Waals surface area contributed by atoms with Gasteiger partial charge in [0.25, 0.3) is 5.91 Å². The molecule has 1 amide bonds. The maximum absolute atomic E-state index is 12.0. The van der Waals surface area contributed by atoms with Crippen LogP contribution in [0.1, 0.15) is 5.56 Å². The molecule has 116 valence electrons. The second kappa shape index (κ2) is 6.74. The standard InChI is InChI=1S/C17H15N3O3/c1-12-7-9-14(10-8-12)22-11-15(21)18-17-16(19-23-20-17)13-5-3-2-4-6-13/h2-10H,11H2,1H3,(H,18,20,21). The number of carbonyl (C=O) groups excluding carboxylic acids is 1. The fourth-order valence-electron chi connectivity index (χ4n) is 2.01. The van der Waals surface area contributed by atoms with Crippen LogP contribution in [0.25, 0.3) is 11.3 Å². The molecule has 0 unspecified atom stereocenters. The number of hydrogen-bond acceptors (Lipinski definition) is 5. The quantitative estimate of drug-likeness (QED) is 0.783. The zero-order valence-electron chi connectivity index (χ0n) is 12.5. The molecule has 3 rings (SSSR count). The van der Waals surface area contributed by atoms with Crippen LogP contribution in [0.15, 0.2) is 59.2 Å². The molecule has 0 fully saturated rings. The lowest BCUT2D eigenvalue weighted by Gasteiger charge is -2.06. The number of aromatic nitrogens is 2. The molecule has 0 aliphatic carbocycles. The van der Waals surface area contributed by atoms with Crippen molar-refractivity contribution in [3.05, 3.63) is 60.2 Å². The van der Waals surface area contributed by atoms with E-state index in [1.54, 1.807) is 0 Å². The van der Waals surface area contributed by atoms with Crippen molar-refractivity contribution in [2.24, 2.45) is 0 Å². The van der Waals surface area contributed by atoms with E-state index in [0.717, 1.165) is 11.1 Å². The van der Waals surface area contributed by atoms with E-state index < -0.39 is 0 Å². The Bertz CT molecular complexity index is 782. The van der Waals surface area contributed by atoms with Crippen molar-refractivity contribution in [3.63, 3.8) is 0 Å². The van der Waals surface area contributed by atoms with Crippen molar-refractivity contribution in [1.82, 2.24) is 10.3 Å². The Kier molecular flexibility index (Phi) is 4.33. The number of anilines is 1. The van der Waals surface area contributed by atoms with E-state index in [1.807, 2.05) is 61.5 Å². The molecule has 3 aromatic rings. The summed E-state index contributed by atoms with van der Waals surface area (Å²) >= 11 is 0. The lowest BCUT2D eigenvalue weighted by Crippen LogP contribution is -2.20. The van der Waals surface area contributed by atoms with Crippen LogP contribution in [-0.4, -0.2) is 22.8 Å². The van der Waals surface area contributed by atoms with Gasteiger partial charge in [0.2, 0.25) is 5.82 Å². The first-order chi connectivity index (χ1) is 11.2. The van der Waals surface area contributed by atoms with Crippen molar-refractivity contribution in [2.75, 3.05) is 11.9 Å². The molecule has 6 heteroatoms. The molecule has 1 aromatic heterocycles. The smallest absolute Gasteiger partial charge is 0.263 e. The van der Waals surface area contributed by atoms with Crippen LogP contribution in [0.4, 0.5) is 5.82 Å². The number of benzene rings is 2. The first-order valence-corrected chi connectivity index (χ1v) is 7.09. The lowest BCUT2D eigenvalue weighted by atomic mass is 10.1. The maximum Gasteiger partial charge on any atom is 0.263 e. The number of amides is 1. The van der Waals surface area contributed by atoms with Gasteiger partial charge in [0.05, 0.1) is 0 Å². The molecular weight excluding hydrogens is 294 g/mol. The number of ether oxygens (including phenoxy) is 1. The van der Waals surface area contributed by atoms with E-state index in [0.29, 0.717) is 11.4 Å². The van der Waals surface area contributed by atoms with E-state index in [4.69, 9.17) is 9.37 Å². The van der Waals surface area contributed by atoms with E-state index in [-0.39, 0.29) is 18.3 Å². The third-order valence-electron chi connectivity index (χ3n) is 3.18. The Labute approximate surface area is 133 Å². The molecule has 0 spiro atoms. The normalized spacial score (nSPS) is 10.3. The average Bonchev–Trinajstić information content (AvgIpc) is 3.03. The largest absolute Gasteiger partial charge is 0.484 e. The van der Waals surface area contributed by atoms with Crippen molar-refractivity contribution in [1.29, 1.82) is 0 Å². The zero-order chi connectivity index (χ0) is 16.1. The van der Waals surface area contributed by atoms with Crippen LogP contribution in [0.5, 0.6) is 5.75 Å². The second-order valence-corrected chi connectivity index (χ2v) is 4.98. The molecule has 23 heavy (non-hydrogen) atoms. The van der Waals surface area contributed by atoms with Gasteiger partial charge in [-0.3, -0.25) is 4.79 Å². The summed E-state index contributed by atoms with van der Waals surface area (Å²) in [7, 11) is 0. The third-order valence-corrected chi connectivity index (χ3v) is 3.18. The third kappa shape index (κ3) is 3.74. The highest BCUT2D eigenvalue weighted by Gasteiger charge is 2.15. The molecule has 0 atom stereocenters. The lowest BCUT2D eigenvalue weighted by molar-refractivity contribution is -0.118. The topological polar surface area (TPSA) is 77.2 Å². The van der Waals surface area contributed by atoms with Crippen LogP contribution < -0.4 is 10.1 Å². The highest BCUT2D eigenvalue weighted by atomic mass is 16.6. The molecule has 6 nitrogen and oxygen atoms in total. The molecule has 0 aliphatic rings. The highest BCUT2D eigenvalue weighted by Crippen LogP contribution is 2.23. The number of rotatable bonds is 5. The summed E-state index contributed by atoms with van der Waals surface area (Å²) in [6, 6.07) is 16.8. The van der Waals surface area contributed by atoms with E-state index >= 15 is 0 Å². The van der Waals surface area contributed by atoms with Gasteiger partial charge in [0, 0.05) is 5.56 Å². The second-order valence-electron chi connectivity index (χ2n) is 4.98. The van der Waals surface area contributed by atoms with Crippen molar-refractivity contribution in [3.8, 4) is 17.0 Å². The van der Waals surface area contributed by atoms with Crippen LogP contribution in [0.3, 0.4) is 0 Å². The van der Waals surface area contributed by atoms with Gasteiger partial charge in [-0.05, 0) is 29.4 Å². The van der Waals surface area contributed by atoms with Gasteiger partial charge in [-0.2, -0.15) is 0 Å². The van der Waals surface area contributed by atoms with Gasteiger partial charge in [-0.1, -0.05) is 48.0 Å². The Morgan fingerprint density at radius 2 is 1.83 bits per heavy atom. The van der Waals surface area contributed by atoms with Crippen LogP contribution in [-0.2, 0) is 4.79 Å². The van der Waals surface area contributed by atoms with E-state index in [2.05, 4.69) is 15.6 Å². The number of nitrogens with one attached hydrogen (secondary N) is 1. The van der Waals surface area contributed by atoms with E-state index in [1.165, 1.54) is 0 Å². The molecule has 0 saturated heterocycles.